The minimum absolute atomic E-state index is 0.132. The van der Waals surface area contributed by atoms with E-state index < -0.39 is 14.4 Å². The summed E-state index contributed by atoms with van der Waals surface area (Å²) in [5, 5.41) is 0. The van der Waals surface area contributed by atoms with Gasteiger partial charge in [-0.15, -0.1) is 23.2 Å². The third-order valence-electron chi connectivity index (χ3n) is 3.84. The normalized spacial score (nSPS) is 24.9. The van der Waals surface area contributed by atoms with Gasteiger partial charge < -0.3 is 9.47 Å². The molecule has 1 aliphatic heterocycles. The summed E-state index contributed by atoms with van der Waals surface area (Å²) in [4.78, 5) is 0.261. The summed E-state index contributed by atoms with van der Waals surface area (Å²) in [6, 6.07) is 6.42. The van der Waals surface area contributed by atoms with Crippen molar-refractivity contribution in [2.24, 2.45) is 5.92 Å². The lowest BCUT2D eigenvalue weighted by atomic mass is 10.3. The van der Waals surface area contributed by atoms with Crippen molar-refractivity contribution in [3.63, 3.8) is 0 Å². The highest BCUT2D eigenvalue weighted by molar-refractivity contribution is 7.89. The Hall–Kier alpha value is -0.530. The molecule has 8 heteroatoms. The van der Waals surface area contributed by atoms with Crippen molar-refractivity contribution in [2.45, 2.75) is 15.6 Å². The Labute approximate surface area is 140 Å². The number of rotatable bonds is 5. The Kier molecular flexibility index (Phi) is 4.58. The average Bonchev–Trinajstić information content (AvgIpc) is 3.14. The number of sulfonamides is 1. The molecule has 1 atom stereocenters. The van der Waals surface area contributed by atoms with E-state index in [0.29, 0.717) is 38.7 Å². The number of halogens is 2. The third kappa shape index (κ3) is 3.51. The van der Waals surface area contributed by atoms with E-state index in [1.54, 1.807) is 24.3 Å². The van der Waals surface area contributed by atoms with Gasteiger partial charge in [0.15, 0.2) is 0 Å². The summed E-state index contributed by atoms with van der Waals surface area (Å²) in [5.74, 6) is 0.740. The second-order valence-electron chi connectivity index (χ2n) is 5.46. The first kappa shape index (κ1) is 16.3. The van der Waals surface area contributed by atoms with Gasteiger partial charge in [-0.05, 0) is 30.7 Å². The molecule has 0 unspecified atom stereocenters. The van der Waals surface area contributed by atoms with Crippen LogP contribution in [-0.2, 0) is 14.8 Å². The van der Waals surface area contributed by atoms with Crippen molar-refractivity contribution in [3.8, 4) is 5.75 Å². The second-order valence-corrected chi connectivity index (χ2v) is 8.94. The molecule has 122 valence electrons. The van der Waals surface area contributed by atoms with Gasteiger partial charge in [0, 0.05) is 19.0 Å². The topological polar surface area (TPSA) is 55.8 Å². The Morgan fingerprint density at radius 3 is 2.36 bits per heavy atom. The van der Waals surface area contributed by atoms with Crippen LogP contribution in [0.4, 0.5) is 0 Å². The SMILES string of the molecule is O=S(=O)(c1ccc(OC[C@@H]2CC2(Cl)Cl)cc1)N1CCOCC1. The van der Waals surface area contributed by atoms with Gasteiger partial charge in [-0.3, -0.25) is 0 Å². The van der Waals surface area contributed by atoms with E-state index in [4.69, 9.17) is 32.7 Å². The summed E-state index contributed by atoms with van der Waals surface area (Å²) >= 11 is 11.9. The minimum atomic E-state index is -3.46. The lowest BCUT2D eigenvalue weighted by Crippen LogP contribution is -2.40. The standard InChI is InChI=1S/C14H17Cl2NO4S/c15-14(16)9-11(14)10-21-12-1-3-13(4-2-12)22(18,19)17-5-7-20-8-6-17/h1-4,11H,5-10H2/t11-/m0/s1. The van der Waals surface area contributed by atoms with Crippen molar-refractivity contribution in [2.75, 3.05) is 32.9 Å². The molecule has 0 N–H and O–H groups in total. The molecule has 3 rings (SSSR count). The summed E-state index contributed by atoms with van der Waals surface area (Å²) in [6.07, 6.45) is 0.722. The van der Waals surface area contributed by atoms with Gasteiger partial charge in [0.05, 0.1) is 24.7 Å². The Balaban J connectivity index is 1.63. The summed E-state index contributed by atoms with van der Waals surface area (Å²) < 4.78 is 36.4. The number of nitrogens with zero attached hydrogens (tertiary/aromatic N) is 1. The van der Waals surface area contributed by atoms with Crippen molar-refractivity contribution < 1.29 is 17.9 Å². The Morgan fingerprint density at radius 2 is 1.82 bits per heavy atom. The maximum atomic E-state index is 12.5. The van der Waals surface area contributed by atoms with Crippen molar-refractivity contribution in [3.05, 3.63) is 24.3 Å². The molecule has 0 aromatic heterocycles. The lowest BCUT2D eigenvalue weighted by Gasteiger charge is -2.26. The number of benzene rings is 1. The molecule has 1 saturated carbocycles. The van der Waals surface area contributed by atoms with Crippen LogP contribution in [0, 0.1) is 5.92 Å². The third-order valence-corrected chi connectivity index (χ3v) is 6.68. The minimum Gasteiger partial charge on any atom is -0.493 e. The van der Waals surface area contributed by atoms with Crippen LogP contribution in [-0.4, -0.2) is 50.0 Å². The van der Waals surface area contributed by atoms with E-state index in [2.05, 4.69) is 0 Å². The molecule has 1 heterocycles. The maximum Gasteiger partial charge on any atom is 0.243 e. The van der Waals surface area contributed by atoms with Gasteiger partial charge >= 0.3 is 0 Å². The van der Waals surface area contributed by atoms with Gasteiger partial charge in [0.25, 0.3) is 0 Å². The largest absolute Gasteiger partial charge is 0.493 e. The van der Waals surface area contributed by atoms with Gasteiger partial charge in [0.1, 0.15) is 10.1 Å². The fraction of sp³-hybridized carbons (Fsp3) is 0.571. The number of ether oxygens (including phenoxy) is 2. The highest BCUT2D eigenvalue weighted by Gasteiger charge is 2.52. The molecular formula is C14H17Cl2NO4S. The average molecular weight is 366 g/mol. The van der Waals surface area contributed by atoms with Gasteiger partial charge in [0.2, 0.25) is 10.0 Å². The molecule has 2 aliphatic rings. The quantitative estimate of drug-likeness (QED) is 0.751. The van der Waals surface area contributed by atoms with Crippen LogP contribution in [0.1, 0.15) is 6.42 Å². The molecule has 0 radical (unpaired) electrons. The predicted molar refractivity (Wildman–Crippen MR) is 84.1 cm³/mol. The number of hydrogen-bond acceptors (Lipinski definition) is 4. The highest BCUT2D eigenvalue weighted by atomic mass is 35.5. The molecule has 1 aliphatic carbocycles. The molecule has 0 spiro atoms. The van der Waals surface area contributed by atoms with Crippen LogP contribution in [0.25, 0.3) is 0 Å². The summed E-state index contributed by atoms with van der Waals surface area (Å²) in [5.41, 5.74) is 0. The molecule has 0 bridgehead atoms. The zero-order chi connectivity index (χ0) is 15.8. The van der Waals surface area contributed by atoms with E-state index in [0.717, 1.165) is 6.42 Å². The lowest BCUT2D eigenvalue weighted by molar-refractivity contribution is 0.0730. The fourth-order valence-corrected chi connectivity index (χ4v) is 4.20. The van der Waals surface area contributed by atoms with E-state index in [1.165, 1.54) is 4.31 Å². The smallest absolute Gasteiger partial charge is 0.243 e. The van der Waals surface area contributed by atoms with Crippen LogP contribution >= 0.6 is 23.2 Å². The van der Waals surface area contributed by atoms with Crippen LogP contribution in [0.5, 0.6) is 5.75 Å². The molecular weight excluding hydrogens is 349 g/mol. The zero-order valence-electron chi connectivity index (χ0n) is 11.9. The first-order valence-corrected chi connectivity index (χ1v) is 9.28. The molecule has 1 saturated heterocycles. The Bertz CT molecular complexity index is 627. The molecule has 22 heavy (non-hydrogen) atoms. The molecule has 0 amide bonds. The van der Waals surface area contributed by atoms with Crippen molar-refractivity contribution >= 4 is 33.2 Å². The van der Waals surface area contributed by atoms with Crippen molar-refractivity contribution in [1.82, 2.24) is 4.31 Å². The second kappa shape index (κ2) is 6.17. The van der Waals surface area contributed by atoms with Crippen LogP contribution in [0.3, 0.4) is 0 Å². The first-order chi connectivity index (χ1) is 10.4. The van der Waals surface area contributed by atoms with Gasteiger partial charge in [-0.1, -0.05) is 0 Å². The van der Waals surface area contributed by atoms with E-state index >= 15 is 0 Å². The summed E-state index contributed by atoms with van der Waals surface area (Å²) in [6.45, 7) is 2.06. The maximum absolute atomic E-state index is 12.5. The summed E-state index contributed by atoms with van der Waals surface area (Å²) in [7, 11) is -3.46. The van der Waals surface area contributed by atoms with Crippen LogP contribution < -0.4 is 4.74 Å². The first-order valence-electron chi connectivity index (χ1n) is 7.08. The molecule has 2 fully saturated rings. The van der Waals surface area contributed by atoms with E-state index in [9.17, 15) is 8.42 Å². The van der Waals surface area contributed by atoms with Crippen molar-refractivity contribution in [1.29, 1.82) is 0 Å². The monoisotopic (exact) mass is 365 g/mol. The van der Waals surface area contributed by atoms with E-state index in [-0.39, 0.29) is 10.8 Å². The van der Waals surface area contributed by atoms with Gasteiger partial charge in [-0.25, -0.2) is 8.42 Å². The van der Waals surface area contributed by atoms with Gasteiger partial charge in [-0.2, -0.15) is 4.31 Å². The molecule has 1 aromatic carbocycles. The number of alkyl halides is 2. The van der Waals surface area contributed by atoms with E-state index in [1.807, 2.05) is 0 Å². The number of hydrogen-bond donors (Lipinski definition) is 0. The number of morpholine rings is 1. The predicted octanol–water partition coefficient (Wildman–Crippen LogP) is 2.28. The molecule has 1 aromatic rings. The fourth-order valence-electron chi connectivity index (χ4n) is 2.29. The Morgan fingerprint density at radius 1 is 1.23 bits per heavy atom. The van der Waals surface area contributed by atoms with Crippen LogP contribution in [0.2, 0.25) is 0 Å². The van der Waals surface area contributed by atoms with Crippen LogP contribution in [0.15, 0.2) is 29.2 Å². The zero-order valence-corrected chi connectivity index (χ0v) is 14.2. The molecule has 5 nitrogen and oxygen atoms in total. The highest BCUT2D eigenvalue weighted by Crippen LogP contribution is 2.53.